The van der Waals surface area contributed by atoms with Gasteiger partial charge in [-0.3, -0.25) is 0 Å². The van der Waals surface area contributed by atoms with Gasteiger partial charge in [-0.1, -0.05) is 63.7 Å². The largest absolute Gasteiger partial charge is 0.494 e. The summed E-state index contributed by atoms with van der Waals surface area (Å²) in [5.74, 6) is 3.04. The molecule has 0 heterocycles. The molecule has 2 heteroatoms. The van der Waals surface area contributed by atoms with Gasteiger partial charge >= 0.3 is 0 Å². The maximum absolute atomic E-state index is 14.5. The zero-order valence-electron chi connectivity index (χ0n) is 18.0. The summed E-state index contributed by atoms with van der Waals surface area (Å²) in [4.78, 5) is 0. The Morgan fingerprint density at radius 3 is 2.50 bits per heavy atom. The fraction of sp³-hybridized carbons (Fsp3) is 0.692. The van der Waals surface area contributed by atoms with E-state index in [-0.39, 0.29) is 5.82 Å². The van der Waals surface area contributed by atoms with Crippen molar-refractivity contribution in [1.82, 2.24) is 0 Å². The van der Waals surface area contributed by atoms with Crippen molar-refractivity contribution in [2.45, 2.75) is 89.9 Å². The third-order valence-electron chi connectivity index (χ3n) is 7.25. The van der Waals surface area contributed by atoms with Gasteiger partial charge in [-0.2, -0.15) is 0 Å². The van der Waals surface area contributed by atoms with Crippen LogP contribution in [-0.4, -0.2) is 7.11 Å². The smallest absolute Gasteiger partial charge is 0.165 e. The third-order valence-corrected chi connectivity index (χ3v) is 7.25. The highest BCUT2D eigenvalue weighted by Gasteiger charge is 2.30. The number of benzene rings is 1. The fourth-order valence-corrected chi connectivity index (χ4v) is 5.51. The lowest BCUT2D eigenvalue weighted by Gasteiger charge is -2.36. The first kappa shape index (κ1) is 21.4. The predicted molar refractivity (Wildman–Crippen MR) is 116 cm³/mol. The molecule has 0 amide bonds. The van der Waals surface area contributed by atoms with E-state index in [9.17, 15) is 4.39 Å². The van der Waals surface area contributed by atoms with Gasteiger partial charge in [0.05, 0.1) is 7.11 Å². The lowest BCUT2D eigenvalue weighted by molar-refractivity contribution is 0.209. The molecule has 2 aliphatic rings. The highest BCUT2D eigenvalue weighted by molar-refractivity contribution is 5.32. The number of ether oxygens (including phenoxy) is 1. The molecule has 1 nitrogen and oxygen atoms in total. The Labute approximate surface area is 171 Å². The molecule has 1 aromatic rings. The molecule has 0 N–H and O–H groups in total. The normalized spacial score (nSPS) is 26.2. The number of unbranched alkanes of at least 4 members (excludes halogenated alkanes) is 2. The van der Waals surface area contributed by atoms with E-state index in [1.165, 1.54) is 82.6 Å². The van der Waals surface area contributed by atoms with Gasteiger partial charge in [0, 0.05) is 0 Å². The van der Waals surface area contributed by atoms with E-state index in [4.69, 9.17) is 4.74 Å². The molecule has 2 unspecified atom stereocenters. The van der Waals surface area contributed by atoms with Crippen molar-refractivity contribution in [2.24, 2.45) is 17.8 Å². The molecule has 0 bridgehead atoms. The Balaban J connectivity index is 1.68. The predicted octanol–water partition coefficient (Wildman–Crippen LogP) is 8.05. The Kier molecular flexibility index (Phi) is 8.43. The van der Waals surface area contributed by atoms with Crippen LogP contribution in [0.2, 0.25) is 0 Å². The summed E-state index contributed by atoms with van der Waals surface area (Å²) >= 11 is 0. The van der Waals surface area contributed by atoms with Crippen molar-refractivity contribution in [3.05, 3.63) is 41.7 Å². The second kappa shape index (κ2) is 11.0. The molecule has 0 radical (unpaired) electrons. The summed E-state index contributed by atoms with van der Waals surface area (Å²) in [6.07, 6.45) is 20.4. The molecule has 1 saturated carbocycles. The van der Waals surface area contributed by atoms with Crippen LogP contribution < -0.4 is 4.74 Å². The second-order valence-electron chi connectivity index (χ2n) is 9.16. The summed E-state index contributed by atoms with van der Waals surface area (Å²) < 4.78 is 19.6. The molecule has 2 aliphatic carbocycles. The minimum absolute atomic E-state index is 0.207. The van der Waals surface area contributed by atoms with Gasteiger partial charge in [0.25, 0.3) is 0 Å². The molecule has 1 aromatic carbocycles. The van der Waals surface area contributed by atoms with Crippen LogP contribution in [0.4, 0.5) is 4.39 Å². The molecule has 0 saturated heterocycles. The van der Waals surface area contributed by atoms with E-state index >= 15 is 0 Å². The first-order valence-electron chi connectivity index (χ1n) is 11.7. The second-order valence-corrected chi connectivity index (χ2v) is 9.16. The molecule has 0 spiro atoms. The van der Waals surface area contributed by atoms with E-state index in [0.717, 1.165) is 11.8 Å². The number of allylic oxidation sites excluding steroid dienone is 2. The van der Waals surface area contributed by atoms with E-state index in [0.29, 0.717) is 17.6 Å². The molecule has 156 valence electrons. The monoisotopic (exact) mass is 386 g/mol. The summed E-state index contributed by atoms with van der Waals surface area (Å²) in [5.41, 5.74) is 1.20. The van der Waals surface area contributed by atoms with Crippen molar-refractivity contribution in [3.63, 3.8) is 0 Å². The molecule has 0 aliphatic heterocycles. The number of hydrogen-bond acceptors (Lipinski definition) is 1. The Hall–Kier alpha value is -1.31. The molecule has 28 heavy (non-hydrogen) atoms. The van der Waals surface area contributed by atoms with Crippen LogP contribution in [0.15, 0.2) is 30.4 Å². The topological polar surface area (TPSA) is 9.23 Å². The number of hydrogen-bond donors (Lipinski definition) is 0. The number of halogens is 1. The Morgan fingerprint density at radius 2 is 1.86 bits per heavy atom. The van der Waals surface area contributed by atoms with Gasteiger partial charge in [0.2, 0.25) is 0 Å². The minimum Gasteiger partial charge on any atom is -0.494 e. The number of methoxy groups -OCH3 is 1. The standard InChI is InChI=1S/C26H39FO/c1-3-4-6-9-20-12-14-22(15-13-20)24(18-21-10-7-5-8-11-21)23-16-17-26(28-2)25(27)19-23/h5,7,16-17,19-22,24H,3-4,6,8-15,18H2,1-2H3. The van der Waals surface area contributed by atoms with Crippen molar-refractivity contribution < 1.29 is 9.13 Å². The molecular formula is C26H39FO. The van der Waals surface area contributed by atoms with Gasteiger partial charge in [0.15, 0.2) is 11.6 Å². The minimum atomic E-state index is -0.207. The first-order chi connectivity index (χ1) is 13.7. The zero-order valence-corrected chi connectivity index (χ0v) is 18.0. The van der Waals surface area contributed by atoms with Crippen molar-refractivity contribution in [3.8, 4) is 5.75 Å². The lowest BCUT2D eigenvalue weighted by Crippen LogP contribution is -2.23. The van der Waals surface area contributed by atoms with Gasteiger partial charge in [-0.25, -0.2) is 4.39 Å². The zero-order chi connectivity index (χ0) is 19.8. The molecule has 2 atom stereocenters. The van der Waals surface area contributed by atoms with Crippen LogP contribution in [-0.2, 0) is 0 Å². The molecule has 0 aromatic heterocycles. The van der Waals surface area contributed by atoms with E-state index < -0.39 is 0 Å². The summed E-state index contributed by atoms with van der Waals surface area (Å²) in [5, 5.41) is 0. The van der Waals surface area contributed by atoms with Crippen LogP contribution in [0, 0.1) is 23.6 Å². The average molecular weight is 387 g/mol. The maximum Gasteiger partial charge on any atom is 0.165 e. The van der Waals surface area contributed by atoms with Crippen molar-refractivity contribution in [1.29, 1.82) is 0 Å². The van der Waals surface area contributed by atoms with Crippen LogP contribution in [0.25, 0.3) is 0 Å². The Bertz CT molecular complexity index is 615. The number of rotatable bonds is 9. The van der Waals surface area contributed by atoms with Crippen LogP contribution in [0.1, 0.15) is 95.5 Å². The van der Waals surface area contributed by atoms with Gasteiger partial charge in [0.1, 0.15) is 0 Å². The molecule has 3 rings (SSSR count). The van der Waals surface area contributed by atoms with Crippen LogP contribution in [0.5, 0.6) is 5.75 Å². The van der Waals surface area contributed by atoms with E-state index in [1.54, 1.807) is 13.2 Å². The molecule has 1 fully saturated rings. The first-order valence-corrected chi connectivity index (χ1v) is 11.7. The van der Waals surface area contributed by atoms with Crippen LogP contribution in [0.3, 0.4) is 0 Å². The van der Waals surface area contributed by atoms with E-state index in [2.05, 4.69) is 25.1 Å². The summed E-state index contributed by atoms with van der Waals surface area (Å²) in [6.45, 7) is 2.29. The summed E-state index contributed by atoms with van der Waals surface area (Å²) in [7, 11) is 1.55. The van der Waals surface area contributed by atoms with Crippen LogP contribution >= 0.6 is 0 Å². The van der Waals surface area contributed by atoms with Gasteiger partial charge in [-0.15, -0.1) is 0 Å². The fourth-order valence-electron chi connectivity index (χ4n) is 5.51. The molecular weight excluding hydrogens is 347 g/mol. The highest BCUT2D eigenvalue weighted by Crippen LogP contribution is 2.44. The quantitative estimate of drug-likeness (QED) is 0.308. The lowest BCUT2D eigenvalue weighted by atomic mass is 9.69. The van der Waals surface area contributed by atoms with Gasteiger partial charge < -0.3 is 4.74 Å². The maximum atomic E-state index is 14.5. The van der Waals surface area contributed by atoms with Crippen molar-refractivity contribution in [2.75, 3.05) is 7.11 Å². The third kappa shape index (κ3) is 5.84. The Morgan fingerprint density at radius 1 is 1.04 bits per heavy atom. The average Bonchev–Trinajstić information content (AvgIpc) is 2.73. The van der Waals surface area contributed by atoms with Crippen molar-refractivity contribution >= 4 is 0 Å². The van der Waals surface area contributed by atoms with Gasteiger partial charge in [-0.05, 0) is 79.9 Å². The summed E-state index contributed by atoms with van der Waals surface area (Å²) in [6, 6.07) is 5.71. The highest BCUT2D eigenvalue weighted by atomic mass is 19.1. The SMILES string of the molecule is CCCCCC1CCC(C(CC2CC=CCC2)c2ccc(OC)c(F)c2)CC1. The van der Waals surface area contributed by atoms with E-state index in [1.807, 2.05) is 6.07 Å².